The Balaban J connectivity index is 1.44. The summed E-state index contributed by atoms with van der Waals surface area (Å²) >= 11 is 0. The lowest BCUT2D eigenvalue weighted by Gasteiger charge is -2.49. The van der Waals surface area contributed by atoms with Crippen molar-refractivity contribution in [3.8, 4) is 39.7 Å². The van der Waals surface area contributed by atoms with Gasteiger partial charge in [0, 0.05) is 28.8 Å². The first kappa shape index (κ1) is 24.4. The average Bonchev–Trinajstić information content (AvgIpc) is 3.31. The summed E-state index contributed by atoms with van der Waals surface area (Å²) in [6, 6.07) is 23.4. The summed E-state index contributed by atoms with van der Waals surface area (Å²) in [4.78, 5) is 17.7. The molecule has 8 heteroatoms. The first-order valence-electron chi connectivity index (χ1n) is 12.7. The van der Waals surface area contributed by atoms with Crippen molar-refractivity contribution in [2.24, 2.45) is 5.73 Å². The van der Waals surface area contributed by atoms with Crippen molar-refractivity contribution in [2.75, 3.05) is 13.2 Å². The Hall–Kier alpha value is -3.98. The molecule has 2 aliphatic rings. The fourth-order valence-electron chi connectivity index (χ4n) is 5.72. The monoisotopic (exact) mass is 510 g/mol. The first-order valence-corrected chi connectivity index (χ1v) is 12.7. The van der Waals surface area contributed by atoms with Gasteiger partial charge in [-0.2, -0.15) is 0 Å². The minimum absolute atomic E-state index is 0.128. The molecule has 1 aliphatic heterocycles. The number of nitrogens with two attached hydrogens (primary N) is 1. The van der Waals surface area contributed by atoms with Crippen LogP contribution in [0.4, 0.5) is 0 Å². The second kappa shape index (κ2) is 9.09. The van der Waals surface area contributed by atoms with Gasteiger partial charge in [-0.25, -0.2) is 4.98 Å². The largest absolute Gasteiger partial charge is 0.472 e. The molecule has 0 radical (unpaired) electrons. The Morgan fingerprint density at radius 3 is 2.50 bits per heavy atom. The molecule has 2 heterocycles. The predicted molar refractivity (Wildman–Crippen MR) is 144 cm³/mol. The van der Waals surface area contributed by atoms with E-state index in [2.05, 4.69) is 5.32 Å². The molecule has 8 nitrogen and oxygen atoms in total. The molecule has 1 aromatic heterocycles. The van der Waals surface area contributed by atoms with Crippen LogP contribution in [0.15, 0.2) is 72.8 Å². The van der Waals surface area contributed by atoms with E-state index in [-0.39, 0.29) is 25.8 Å². The van der Waals surface area contributed by atoms with Gasteiger partial charge in [-0.3, -0.25) is 9.36 Å². The van der Waals surface area contributed by atoms with Crippen molar-refractivity contribution in [3.05, 3.63) is 83.9 Å². The van der Waals surface area contributed by atoms with Gasteiger partial charge in [0.1, 0.15) is 11.6 Å². The van der Waals surface area contributed by atoms with Crippen LogP contribution in [0.1, 0.15) is 35.7 Å². The van der Waals surface area contributed by atoms with Crippen molar-refractivity contribution >= 4 is 5.91 Å². The smallest absolute Gasteiger partial charge is 0.251 e. The number of imidazole rings is 1. The molecule has 1 fully saturated rings. The summed E-state index contributed by atoms with van der Waals surface area (Å²) in [7, 11) is 0. The molecule has 5 N–H and O–H groups in total. The van der Waals surface area contributed by atoms with E-state index in [0.717, 1.165) is 33.6 Å². The van der Waals surface area contributed by atoms with Crippen LogP contribution < -0.4 is 15.8 Å². The number of benzene rings is 3. The van der Waals surface area contributed by atoms with Crippen molar-refractivity contribution in [3.63, 3.8) is 0 Å². The predicted octanol–water partition coefficient (Wildman–Crippen LogP) is 3.65. The highest BCUT2D eigenvalue weighted by Crippen LogP contribution is 2.47. The SMILES string of the molecule is CC1(O)CC(N)(c2ccc(-c3nc4n(c3-c3ccccc3)COc3ccc(C(=O)NCCO)cc3-4)cc2)C1. The van der Waals surface area contributed by atoms with E-state index in [0.29, 0.717) is 30.0 Å². The Bertz CT molecular complexity index is 1500. The zero-order valence-electron chi connectivity index (χ0n) is 21.1. The highest BCUT2D eigenvalue weighted by atomic mass is 16.5. The highest BCUT2D eigenvalue weighted by molar-refractivity contribution is 5.96. The molecular formula is C30H30N4O4. The maximum absolute atomic E-state index is 12.6. The Labute approximate surface area is 220 Å². The number of carbonyl (C=O) groups is 1. The third kappa shape index (κ3) is 4.16. The van der Waals surface area contributed by atoms with E-state index in [9.17, 15) is 9.90 Å². The molecule has 0 bridgehead atoms. The van der Waals surface area contributed by atoms with Gasteiger partial charge in [-0.05, 0) is 43.5 Å². The molecule has 0 atom stereocenters. The van der Waals surface area contributed by atoms with E-state index in [1.807, 2.05) is 66.1 Å². The number of hydrogen-bond acceptors (Lipinski definition) is 6. The number of rotatable bonds is 6. The van der Waals surface area contributed by atoms with Crippen molar-refractivity contribution in [1.82, 2.24) is 14.9 Å². The maximum atomic E-state index is 12.6. The molecular weight excluding hydrogens is 480 g/mol. The third-order valence-corrected chi connectivity index (χ3v) is 7.37. The van der Waals surface area contributed by atoms with E-state index >= 15 is 0 Å². The second-order valence-electron chi connectivity index (χ2n) is 10.5. The fourth-order valence-corrected chi connectivity index (χ4v) is 5.72. The van der Waals surface area contributed by atoms with Crippen LogP contribution in [0.25, 0.3) is 33.9 Å². The number of carbonyl (C=O) groups excluding carboxylic acids is 1. The fraction of sp³-hybridized carbons (Fsp3) is 0.267. The van der Waals surface area contributed by atoms with E-state index < -0.39 is 11.1 Å². The van der Waals surface area contributed by atoms with Crippen LogP contribution in [0, 0.1) is 0 Å². The van der Waals surface area contributed by atoms with E-state index in [1.165, 1.54) is 0 Å². The van der Waals surface area contributed by atoms with Crippen LogP contribution in [-0.4, -0.2) is 44.4 Å². The van der Waals surface area contributed by atoms with Crippen molar-refractivity contribution < 1.29 is 19.7 Å². The molecule has 38 heavy (non-hydrogen) atoms. The Kier molecular flexibility index (Phi) is 5.83. The van der Waals surface area contributed by atoms with Gasteiger partial charge in [-0.1, -0.05) is 54.6 Å². The number of aromatic nitrogens is 2. The number of nitrogens with one attached hydrogen (secondary N) is 1. The lowest BCUT2D eigenvalue weighted by molar-refractivity contribution is -0.0738. The van der Waals surface area contributed by atoms with Gasteiger partial charge in [-0.15, -0.1) is 0 Å². The van der Waals surface area contributed by atoms with Crippen LogP contribution in [-0.2, 0) is 12.3 Å². The van der Waals surface area contributed by atoms with Crippen LogP contribution in [0.3, 0.4) is 0 Å². The third-order valence-electron chi connectivity index (χ3n) is 7.37. The minimum Gasteiger partial charge on any atom is -0.472 e. The van der Waals surface area contributed by atoms with Crippen LogP contribution >= 0.6 is 0 Å². The summed E-state index contributed by atoms with van der Waals surface area (Å²) in [6.45, 7) is 2.16. The van der Waals surface area contributed by atoms with Gasteiger partial charge in [0.2, 0.25) is 0 Å². The summed E-state index contributed by atoms with van der Waals surface area (Å²) in [5, 5.41) is 22.0. The summed E-state index contributed by atoms with van der Waals surface area (Å²) in [5.74, 6) is 1.10. The van der Waals surface area contributed by atoms with Crippen LogP contribution in [0.2, 0.25) is 0 Å². The average molecular weight is 511 g/mol. The summed E-state index contributed by atoms with van der Waals surface area (Å²) < 4.78 is 8.13. The molecule has 1 saturated carbocycles. The molecule has 0 spiro atoms. The molecule has 194 valence electrons. The Morgan fingerprint density at radius 2 is 1.82 bits per heavy atom. The van der Waals surface area contributed by atoms with E-state index in [1.54, 1.807) is 18.2 Å². The highest BCUT2D eigenvalue weighted by Gasteiger charge is 2.49. The zero-order chi connectivity index (χ0) is 26.5. The summed E-state index contributed by atoms with van der Waals surface area (Å²) in [6.07, 6.45) is 1.05. The number of hydrogen-bond donors (Lipinski definition) is 4. The topological polar surface area (TPSA) is 123 Å². The zero-order valence-corrected chi connectivity index (χ0v) is 21.1. The van der Waals surface area contributed by atoms with Gasteiger partial charge in [0.05, 0.1) is 29.2 Å². The number of fused-ring (bicyclic) bond motifs is 3. The second-order valence-corrected chi connectivity index (χ2v) is 10.5. The molecule has 1 amide bonds. The number of ether oxygens (including phenoxy) is 1. The normalized spacial score (nSPS) is 21.6. The number of aliphatic hydroxyl groups excluding tert-OH is 1. The molecule has 1 aliphatic carbocycles. The van der Waals surface area contributed by atoms with Crippen LogP contribution in [0.5, 0.6) is 5.75 Å². The van der Waals surface area contributed by atoms with Gasteiger partial charge < -0.3 is 26.0 Å². The number of nitrogens with zero attached hydrogens (tertiary/aromatic N) is 2. The molecule has 3 aromatic carbocycles. The first-order chi connectivity index (χ1) is 18.3. The van der Waals surface area contributed by atoms with E-state index in [4.69, 9.17) is 20.6 Å². The van der Waals surface area contributed by atoms with Gasteiger partial charge >= 0.3 is 0 Å². The van der Waals surface area contributed by atoms with Crippen molar-refractivity contribution in [1.29, 1.82) is 0 Å². The number of amides is 1. The molecule has 4 aromatic rings. The van der Waals surface area contributed by atoms with Crippen molar-refractivity contribution in [2.45, 2.75) is 37.6 Å². The van der Waals surface area contributed by atoms with Gasteiger partial charge in [0.15, 0.2) is 6.73 Å². The number of aliphatic hydroxyl groups is 2. The standard InChI is InChI=1S/C30H30N4O4/c1-29(37)16-30(31,17-29)22-10-7-19(8-11-22)25-26(20-5-3-2-4-6-20)34-18-38-24-12-9-21(28(36)32-13-14-35)15-23(24)27(34)33-25/h2-12,15,35,37H,13-14,16-18,31H2,1H3,(H,32,36). The Morgan fingerprint density at radius 1 is 1.08 bits per heavy atom. The van der Waals surface area contributed by atoms with Gasteiger partial charge in [0.25, 0.3) is 5.91 Å². The lowest BCUT2D eigenvalue weighted by atomic mass is 9.63. The lowest BCUT2D eigenvalue weighted by Crippen LogP contribution is -2.58. The molecule has 0 saturated heterocycles. The molecule has 0 unspecified atom stereocenters. The summed E-state index contributed by atoms with van der Waals surface area (Å²) in [5.41, 5.74) is 11.2. The maximum Gasteiger partial charge on any atom is 0.251 e. The quantitative estimate of drug-likeness (QED) is 0.314. The minimum atomic E-state index is -0.724. The molecule has 6 rings (SSSR count).